The average molecular weight is 184 g/mol. The number of esters is 1. The Kier molecular flexibility index (Phi) is 3.34. The molecule has 0 heterocycles. The van der Waals surface area contributed by atoms with Gasteiger partial charge >= 0.3 is 5.97 Å². The maximum Gasteiger partial charge on any atom is 0.306 e. The summed E-state index contributed by atoms with van der Waals surface area (Å²) < 4.78 is 4.96. The number of rotatable bonds is 3. The van der Waals surface area contributed by atoms with Crippen LogP contribution in [0, 0.1) is 11.3 Å². The van der Waals surface area contributed by atoms with Crippen LogP contribution in [0.5, 0.6) is 0 Å². The zero-order chi connectivity index (χ0) is 9.90. The van der Waals surface area contributed by atoms with E-state index in [1.165, 1.54) is 19.3 Å². The molecule has 0 aromatic carbocycles. The van der Waals surface area contributed by atoms with Crippen molar-refractivity contribution in [3.8, 4) is 0 Å². The van der Waals surface area contributed by atoms with Crippen LogP contribution in [0.3, 0.4) is 0 Å². The van der Waals surface area contributed by atoms with E-state index in [-0.39, 0.29) is 5.97 Å². The van der Waals surface area contributed by atoms with Crippen LogP contribution in [0.1, 0.15) is 46.5 Å². The van der Waals surface area contributed by atoms with Gasteiger partial charge in [-0.2, -0.15) is 0 Å². The summed E-state index contributed by atoms with van der Waals surface area (Å²) in [5.41, 5.74) is 0.340. The minimum absolute atomic E-state index is 0.0255. The summed E-state index contributed by atoms with van der Waals surface area (Å²) in [6.45, 7) is 6.87. The summed E-state index contributed by atoms with van der Waals surface area (Å²) in [6.07, 6.45) is 4.31. The van der Waals surface area contributed by atoms with Crippen LogP contribution in [0.4, 0.5) is 0 Å². The lowest BCUT2D eigenvalue weighted by Crippen LogP contribution is -2.21. The SMILES string of the molecule is CCOC(=O)CC1CCCC1(C)C. The molecule has 0 bridgehead atoms. The van der Waals surface area contributed by atoms with Crippen molar-refractivity contribution in [1.82, 2.24) is 0 Å². The van der Waals surface area contributed by atoms with Gasteiger partial charge in [0.1, 0.15) is 0 Å². The monoisotopic (exact) mass is 184 g/mol. The van der Waals surface area contributed by atoms with Crippen LogP contribution in [-0.4, -0.2) is 12.6 Å². The summed E-state index contributed by atoms with van der Waals surface area (Å²) in [5.74, 6) is 0.508. The third-order valence-electron chi connectivity index (χ3n) is 3.20. The Bertz CT molecular complexity index is 185. The Morgan fingerprint density at radius 2 is 2.23 bits per heavy atom. The molecular weight excluding hydrogens is 164 g/mol. The highest BCUT2D eigenvalue weighted by molar-refractivity contribution is 5.69. The highest BCUT2D eigenvalue weighted by Gasteiger charge is 2.35. The lowest BCUT2D eigenvalue weighted by Gasteiger charge is -2.25. The van der Waals surface area contributed by atoms with Crippen molar-refractivity contribution < 1.29 is 9.53 Å². The topological polar surface area (TPSA) is 26.3 Å². The highest BCUT2D eigenvalue weighted by Crippen LogP contribution is 2.44. The predicted octanol–water partition coefficient (Wildman–Crippen LogP) is 2.77. The molecule has 0 radical (unpaired) electrons. The molecule has 1 saturated carbocycles. The zero-order valence-electron chi connectivity index (χ0n) is 8.93. The second kappa shape index (κ2) is 4.12. The fourth-order valence-electron chi connectivity index (χ4n) is 2.20. The molecule has 0 spiro atoms. The lowest BCUT2D eigenvalue weighted by atomic mass is 9.80. The Hall–Kier alpha value is -0.530. The molecule has 1 fully saturated rings. The van der Waals surface area contributed by atoms with Gasteiger partial charge in [-0.25, -0.2) is 0 Å². The molecule has 1 atom stereocenters. The smallest absolute Gasteiger partial charge is 0.306 e. The largest absolute Gasteiger partial charge is 0.466 e. The molecule has 76 valence electrons. The molecule has 0 N–H and O–H groups in total. The number of hydrogen-bond acceptors (Lipinski definition) is 2. The summed E-state index contributed by atoms with van der Waals surface area (Å²) in [6, 6.07) is 0. The molecule has 1 unspecified atom stereocenters. The molecule has 1 aliphatic rings. The third kappa shape index (κ3) is 2.71. The molecule has 0 aliphatic heterocycles. The zero-order valence-corrected chi connectivity index (χ0v) is 8.93. The minimum atomic E-state index is -0.0255. The normalized spacial score (nSPS) is 25.9. The van der Waals surface area contributed by atoms with E-state index in [0.717, 1.165) is 0 Å². The molecule has 1 rings (SSSR count). The molecule has 2 heteroatoms. The van der Waals surface area contributed by atoms with Crippen molar-refractivity contribution in [1.29, 1.82) is 0 Å². The van der Waals surface area contributed by atoms with Crippen molar-refractivity contribution in [2.75, 3.05) is 6.61 Å². The Morgan fingerprint density at radius 1 is 1.54 bits per heavy atom. The van der Waals surface area contributed by atoms with E-state index in [1.54, 1.807) is 0 Å². The standard InChI is InChI=1S/C11H20O2/c1-4-13-10(12)8-9-6-5-7-11(9,2)3/h9H,4-8H2,1-3H3. The first-order valence-electron chi connectivity index (χ1n) is 5.22. The summed E-state index contributed by atoms with van der Waals surface area (Å²) in [5, 5.41) is 0. The van der Waals surface area contributed by atoms with E-state index < -0.39 is 0 Å². The van der Waals surface area contributed by atoms with Crippen LogP contribution >= 0.6 is 0 Å². The van der Waals surface area contributed by atoms with Gasteiger partial charge in [-0.15, -0.1) is 0 Å². The van der Waals surface area contributed by atoms with Crippen LogP contribution in [0.25, 0.3) is 0 Å². The fraction of sp³-hybridized carbons (Fsp3) is 0.909. The fourth-order valence-corrected chi connectivity index (χ4v) is 2.20. The first-order valence-corrected chi connectivity index (χ1v) is 5.22. The molecule has 1 aliphatic carbocycles. The van der Waals surface area contributed by atoms with Crippen molar-refractivity contribution in [2.45, 2.75) is 46.5 Å². The second-order valence-electron chi connectivity index (χ2n) is 4.59. The predicted molar refractivity (Wildman–Crippen MR) is 52.4 cm³/mol. The molecule has 2 nitrogen and oxygen atoms in total. The molecule has 0 aromatic rings. The van der Waals surface area contributed by atoms with Gasteiger partial charge < -0.3 is 4.74 Å². The first kappa shape index (κ1) is 10.6. The van der Waals surface area contributed by atoms with E-state index in [2.05, 4.69) is 13.8 Å². The van der Waals surface area contributed by atoms with E-state index in [0.29, 0.717) is 24.4 Å². The van der Waals surface area contributed by atoms with Gasteiger partial charge in [-0.1, -0.05) is 20.3 Å². The van der Waals surface area contributed by atoms with E-state index in [4.69, 9.17) is 4.74 Å². The molecule has 0 aromatic heterocycles. The minimum Gasteiger partial charge on any atom is -0.466 e. The van der Waals surface area contributed by atoms with Crippen LogP contribution in [0.2, 0.25) is 0 Å². The number of hydrogen-bond donors (Lipinski definition) is 0. The van der Waals surface area contributed by atoms with Crippen molar-refractivity contribution in [3.05, 3.63) is 0 Å². The van der Waals surface area contributed by atoms with Crippen molar-refractivity contribution in [2.24, 2.45) is 11.3 Å². The van der Waals surface area contributed by atoms with Gasteiger partial charge in [0.05, 0.1) is 6.61 Å². The van der Waals surface area contributed by atoms with E-state index in [1.807, 2.05) is 6.92 Å². The van der Waals surface area contributed by atoms with Crippen molar-refractivity contribution >= 4 is 5.97 Å². The number of carbonyl (C=O) groups excluding carboxylic acids is 1. The average Bonchev–Trinajstić information content (AvgIpc) is 2.31. The van der Waals surface area contributed by atoms with Gasteiger partial charge in [0.15, 0.2) is 0 Å². The number of ether oxygens (including phenoxy) is 1. The van der Waals surface area contributed by atoms with Gasteiger partial charge in [0, 0.05) is 6.42 Å². The molecule has 13 heavy (non-hydrogen) atoms. The van der Waals surface area contributed by atoms with E-state index in [9.17, 15) is 4.79 Å². The maximum atomic E-state index is 11.3. The summed E-state index contributed by atoms with van der Waals surface area (Å²) in [7, 11) is 0. The van der Waals surface area contributed by atoms with Gasteiger partial charge in [-0.3, -0.25) is 4.79 Å². The highest BCUT2D eigenvalue weighted by atomic mass is 16.5. The Morgan fingerprint density at radius 3 is 2.69 bits per heavy atom. The van der Waals surface area contributed by atoms with Gasteiger partial charge in [0.25, 0.3) is 0 Å². The Labute approximate surface area is 80.7 Å². The first-order chi connectivity index (χ1) is 6.06. The van der Waals surface area contributed by atoms with Crippen LogP contribution in [-0.2, 0) is 9.53 Å². The third-order valence-corrected chi connectivity index (χ3v) is 3.20. The van der Waals surface area contributed by atoms with Gasteiger partial charge in [-0.05, 0) is 31.1 Å². The quantitative estimate of drug-likeness (QED) is 0.630. The van der Waals surface area contributed by atoms with E-state index >= 15 is 0 Å². The van der Waals surface area contributed by atoms with Crippen molar-refractivity contribution in [3.63, 3.8) is 0 Å². The summed E-state index contributed by atoms with van der Waals surface area (Å²) in [4.78, 5) is 11.3. The molecule has 0 amide bonds. The molecular formula is C11H20O2. The van der Waals surface area contributed by atoms with Crippen LogP contribution < -0.4 is 0 Å². The second-order valence-corrected chi connectivity index (χ2v) is 4.59. The Balaban J connectivity index is 2.40. The maximum absolute atomic E-state index is 11.3. The molecule has 0 saturated heterocycles. The van der Waals surface area contributed by atoms with Gasteiger partial charge in [0.2, 0.25) is 0 Å². The lowest BCUT2D eigenvalue weighted by molar-refractivity contribution is -0.145. The number of carbonyl (C=O) groups is 1. The summed E-state index contributed by atoms with van der Waals surface area (Å²) >= 11 is 0. The van der Waals surface area contributed by atoms with Crippen LogP contribution in [0.15, 0.2) is 0 Å².